The van der Waals surface area contributed by atoms with Gasteiger partial charge >= 0.3 is 0 Å². The molecule has 79 valence electrons. The number of rotatable bonds is 1. The van der Waals surface area contributed by atoms with E-state index in [1.807, 2.05) is 24.3 Å². The molecule has 0 spiro atoms. The minimum absolute atomic E-state index is 0.322. The standard InChI is InChI=1S/C6H5OSi2.C6H6O/c7-5-3-1-2-4-6(5)9-8;7-6-4-2-1-3-5-6/h1-4,7H;1-5,7H. The maximum Gasteiger partial charge on any atom is 0.115 e. The second-order valence-electron chi connectivity index (χ2n) is 2.98. The maximum absolute atomic E-state index is 9.09. The molecular formula is C12H11O2Si2. The summed E-state index contributed by atoms with van der Waals surface area (Å²) in [6, 6.07) is 16.0. The summed E-state index contributed by atoms with van der Waals surface area (Å²) in [5.74, 6) is 0.688. The Kier molecular flexibility index (Phi) is 5.38. The van der Waals surface area contributed by atoms with Crippen molar-refractivity contribution in [2.24, 2.45) is 0 Å². The van der Waals surface area contributed by atoms with E-state index in [4.69, 9.17) is 10.2 Å². The first-order valence-electron chi connectivity index (χ1n) is 4.69. The van der Waals surface area contributed by atoms with E-state index >= 15 is 0 Å². The van der Waals surface area contributed by atoms with Crippen LogP contribution in [0.1, 0.15) is 0 Å². The predicted octanol–water partition coefficient (Wildman–Crippen LogP) is 1.20. The summed E-state index contributed by atoms with van der Waals surface area (Å²) in [6.07, 6.45) is 0. The lowest BCUT2D eigenvalue weighted by atomic mass is 10.3. The first kappa shape index (κ1) is 12.5. The van der Waals surface area contributed by atoms with Crippen molar-refractivity contribution >= 4 is 24.0 Å². The molecule has 16 heavy (non-hydrogen) atoms. The van der Waals surface area contributed by atoms with Crippen LogP contribution in [0.4, 0.5) is 0 Å². The maximum atomic E-state index is 9.09. The van der Waals surface area contributed by atoms with Gasteiger partial charge in [-0.05, 0) is 23.4 Å². The summed E-state index contributed by atoms with van der Waals surface area (Å²) in [5.41, 5.74) is 0. The Labute approximate surface area is 101 Å². The quantitative estimate of drug-likeness (QED) is 0.739. The van der Waals surface area contributed by atoms with Crippen LogP contribution in [0.25, 0.3) is 0 Å². The average molecular weight is 243 g/mol. The highest BCUT2D eigenvalue weighted by Crippen LogP contribution is 2.02. The minimum Gasteiger partial charge on any atom is -0.508 e. The van der Waals surface area contributed by atoms with Gasteiger partial charge in [-0.15, -0.1) is 0 Å². The van der Waals surface area contributed by atoms with Crippen LogP contribution in [0, 0.1) is 0 Å². The topological polar surface area (TPSA) is 40.5 Å². The smallest absolute Gasteiger partial charge is 0.115 e. The minimum atomic E-state index is 0.322. The molecule has 4 heteroatoms. The number of hydrogen-bond donors (Lipinski definition) is 2. The molecule has 0 aromatic heterocycles. The van der Waals surface area contributed by atoms with E-state index in [2.05, 4.69) is 9.76 Å². The Morgan fingerprint density at radius 1 is 0.812 bits per heavy atom. The SMILES string of the molecule is Oc1ccccc1.Oc1ccccc1[Si][Si]. The third kappa shape index (κ3) is 4.33. The van der Waals surface area contributed by atoms with Crippen molar-refractivity contribution in [3.05, 3.63) is 54.6 Å². The predicted molar refractivity (Wildman–Crippen MR) is 67.4 cm³/mol. The molecule has 2 aromatic rings. The molecule has 2 aromatic carbocycles. The van der Waals surface area contributed by atoms with Gasteiger partial charge in [0.25, 0.3) is 0 Å². The lowest BCUT2D eigenvalue weighted by molar-refractivity contribution is 0.475. The van der Waals surface area contributed by atoms with E-state index in [9.17, 15) is 0 Å². The highest BCUT2D eigenvalue weighted by molar-refractivity contribution is 6.98. The van der Waals surface area contributed by atoms with Gasteiger partial charge < -0.3 is 10.2 Å². The van der Waals surface area contributed by atoms with Gasteiger partial charge in [-0.25, -0.2) is 0 Å². The van der Waals surface area contributed by atoms with Gasteiger partial charge in [0.15, 0.2) is 0 Å². The van der Waals surface area contributed by atoms with Crippen LogP contribution in [0.15, 0.2) is 54.6 Å². The zero-order valence-electron chi connectivity index (χ0n) is 8.59. The molecule has 0 saturated carbocycles. The molecule has 0 unspecified atom stereocenters. The fourth-order valence-electron chi connectivity index (χ4n) is 1.01. The van der Waals surface area contributed by atoms with Gasteiger partial charge in [0, 0.05) is 9.76 Å². The molecule has 0 heterocycles. The molecule has 2 nitrogen and oxygen atoms in total. The van der Waals surface area contributed by atoms with Crippen molar-refractivity contribution in [3.63, 3.8) is 0 Å². The molecule has 5 radical (unpaired) electrons. The van der Waals surface area contributed by atoms with E-state index < -0.39 is 0 Å². The van der Waals surface area contributed by atoms with Gasteiger partial charge in [-0.2, -0.15) is 0 Å². The number of benzene rings is 2. The summed E-state index contributed by atoms with van der Waals surface area (Å²) < 4.78 is 0. The summed E-state index contributed by atoms with van der Waals surface area (Å²) in [7, 11) is 3.81. The monoisotopic (exact) mass is 243 g/mol. The highest BCUT2D eigenvalue weighted by atomic mass is 29.1. The second kappa shape index (κ2) is 6.87. The Morgan fingerprint density at radius 2 is 1.38 bits per heavy atom. The fourth-order valence-corrected chi connectivity index (χ4v) is 2.03. The first-order valence-corrected chi connectivity index (χ1v) is 7.19. The van der Waals surface area contributed by atoms with Crippen LogP contribution in [-0.2, 0) is 0 Å². The van der Waals surface area contributed by atoms with Crippen LogP contribution in [0.2, 0.25) is 0 Å². The van der Waals surface area contributed by atoms with Crippen molar-refractivity contribution in [3.8, 4) is 11.5 Å². The largest absolute Gasteiger partial charge is 0.508 e. The molecule has 2 rings (SSSR count). The van der Waals surface area contributed by atoms with Gasteiger partial charge in [-0.1, -0.05) is 36.4 Å². The average Bonchev–Trinajstić information content (AvgIpc) is 2.31. The van der Waals surface area contributed by atoms with Crippen molar-refractivity contribution < 1.29 is 10.2 Å². The molecule has 0 atom stereocenters. The van der Waals surface area contributed by atoms with Crippen LogP contribution in [0.5, 0.6) is 11.5 Å². The molecule has 0 aliphatic carbocycles. The second-order valence-corrected chi connectivity index (χ2v) is 4.52. The van der Waals surface area contributed by atoms with E-state index in [0.29, 0.717) is 20.5 Å². The highest BCUT2D eigenvalue weighted by Gasteiger charge is 1.93. The lowest BCUT2D eigenvalue weighted by Gasteiger charge is -1.96. The van der Waals surface area contributed by atoms with Crippen molar-refractivity contribution in [2.75, 3.05) is 0 Å². The number of para-hydroxylation sites is 2. The van der Waals surface area contributed by atoms with Gasteiger partial charge in [-0.3, -0.25) is 0 Å². The Hall–Kier alpha value is -1.53. The number of phenolic OH excluding ortho intramolecular Hbond substituents is 2. The zero-order valence-corrected chi connectivity index (χ0v) is 10.6. The van der Waals surface area contributed by atoms with E-state index in [1.54, 1.807) is 30.3 Å². The number of aromatic hydroxyl groups is 2. The lowest BCUT2D eigenvalue weighted by Crippen LogP contribution is -2.13. The molecule has 0 aliphatic rings. The van der Waals surface area contributed by atoms with Crippen molar-refractivity contribution in [1.82, 2.24) is 0 Å². The molecule has 0 amide bonds. The Morgan fingerprint density at radius 3 is 1.75 bits per heavy atom. The third-order valence-corrected chi connectivity index (χ3v) is 3.30. The summed E-state index contributed by atoms with van der Waals surface area (Å²) in [4.78, 5) is 0. The molecule has 0 bridgehead atoms. The summed E-state index contributed by atoms with van der Waals surface area (Å²) in [5, 5.41) is 18.7. The van der Waals surface area contributed by atoms with E-state index in [0.717, 1.165) is 5.19 Å². The summed E-state index contributed by atoms with van der Waals surface area (Å²) in [6.45, 7) is 0. The van der Waals surface area contributed by atoms with Crippen LogP contribution < -0.4 is 5.19 Å². The van der Waals surface area contributed by atoms with Gasteiger partial charge in [0.1, 0.15) is 11.5 Å². The molecule has 0 aliphatic heterocycles. The zero-order chi connectivity index (χ0) is 11.8. The third-order valence-electron chi connectivity index (χ3n) is 1.79. The van der Waals surface area contributed by atoms with E-state index in [1.165, 1.54) is 0 Å². The molecule has 0 fully saturated rings. The van der Waals surface area contributed by atoms with Gasteiger partial charge in [0.2, 0.25) is 0 Å². The van der Waals surface area contributed by atoms with Crippen LogP contribution in [-0.4, -0.2) is 29.0 Å². The number of hydrogen-bond acceptors (Lipinski definition) is 2. The fraction of sp³-hybridized carbons (Fsp3) is 0. The summed E-state index contributed by atoms with van der Waals surface area (Å²) >= 11 is 0. The molecular weight excluding hydrogens is 232 g/mol. The van der Waals surface area contributed by atoms with Crippen molar-refractivity contribution in [1.29, 1.82) is 0 Å². The van der Waals surface area contributed by atoms with Crippen LogP contribution in [0.3, 0.4) is 0 Å². The van der Waals surface area contributed by atoms with Crippen molar-refractivity contribution in [2.45, 2.75) is 0 Å². The molecule has 0 saturated heterocycles. The normalized spacial score (nSPS) is 9.06. The van der Waals surface area contributed by atoms with Crippen LogP contribution >= 0.6 is 0 Å². The Balaban J connectivity index is 0.000000165. The number of phenols is 2. The first-order chi connectivity index (χ1) is 7.74. The van der Waals surface area contributed by atoms with E-state index in [-0.39, 0.29) is 0 Å². The van der Waals surface area contributed by atoms with Gasteiger partial charge in [0.05, 0.1) is 9.04 Å². The molecule has 2 N–H and O–H groups in total. The Bertz CT molecular complexity index is 418.